The molecule has 0 saturated heterocycles. The van der Waals surface area contributed by atoms with E-state index in [1.807, 2.05) is 5.32 Å². The van der Waals surface area contributed by atoms with Crippen molar-refractivity contribution in [2.45, 2.75) is 0 Å². The highest BCUT2D eigenvalue weighted by Crippen LogP contribution is 1.56. The monoisotopic (exact) mass is 118 g/mol. The summed E-state index contributed by atoms with van der Waals surface area (Å²) in [7, 11) is 0. The molecule has 5 heteroatoms. The Balaban J connectivity index is 3.32. The van der Waals surface area contributed by atoms with Gasteiger partial charge in [-0.3, -0.25) is 5.32 Å². The number of thiocarbonyl (C=S) groups is 1. The van der Waals surface area contributed by atoms with Crippen LogP contribution >= 0.6 is 12.2 Å². The number of carbonyl (C=O) groups is 1. The Bertz CT molecular complexity index is 89.1. The van der Waals surface area contributed by atoms with Gasteiger partial charge in [0.15, 0.2) is 5.11 Å². The second-order valence-corrected chi connectivity index (χ2v) is 1.26. The van der Waals surface area contributed by atoms with Crippen molar-refractivity contribution in [2.75, 3.05) is 0 Å². The zero-order chi connectivity index (χ0) is 5.86. The van der Waals surface area contributed by atoms with Gasteiger partial charge in [0, 0.05) is 0 Å². The van der Waals surface area contributed by atoms with Crippen LogP contribution in [0.4, 0.5) is 4.79 Å². The summed E-state index contributed by atoms with van der Waals surface area (Å²) in [6, 6.07) is -0.979. The minimum atomic E-state index is -0.979. The third-order valence-electron chi connectivity index (χ3n) is 0.237. The van der Waals surface area contributed by atoms with Gasteiger partial charge in [0.2, 0.25) is 0 Å². The molecule has 0 aliphatic heterocycles. The summed E-state index contributed by atoms with van der Waals surface area (Å²) in [6.07, 6.45) is 0. The number of urea groups is 1. The number of amides is 2. The van der Waals surface area contributed by atoms with Gasteiger partial charge in [0.1, 0.15) is 0 Å². The third kappa shape index (κ3) is 5.16. The van der Waals surface area contributed by atoms with E-state index >= 15 is 0 Å². The molecule has 0 atom stereocenters. The SMILES string of the molecule is [NH]C(=O)NC(N)=S. The first kappa shape index (κ1) is 6.16. The smallest absolute Gasteiger partial charge is 0.339 e. The van der Waals surface area contributed by atoms with E-state index < -0.39 is 6.03 Å². The molecule has 0 aromatic carbocycles. The first-order valence-electron chi connectivity index (χ1n) is 1.45. The van der Waals surface area contributed by atoms with Gasteiger partial charge in [0.25, 0.3) is 0 Å². The maximum Gasteiger partial charge on any atom is 0.339 e. The number of hydrogen-bond acceptors (Lipinski definition) is 2. The predicted molar refractivity (Wildman–Crippen MR) is 28.4 cm³/mol. The topological polar surface area (TPSA) is 78.9 Å². The normalized spacial score (nSPS) is 7.43. The summed E-state index contributed by atoms with van der Waals surface area (Å²) in [6.45, 7) is 0. The fourth-order valence-electron chi connectivity index (χ4n) is 0.112. The van der Waals surface area contributed by atoms with Gasteiger partial charge < -0.3 is 5.73 Å². The zero-order valence-electron chi connectivity index (χ0n) is 3.39. The van der Waals surface area contributed by atoms with Crippen molar-refractivity contribution in [1.29, 1.82) is 0 Å². The maximum atomic E-state index is 9.64. The molecule has 0 heterocycles. The molecular weight excluding hydrogens is 114 g/mol. The molecule has 0 fully saturated rings. The van der Waals surface area contributed by atoms with Crippen LogP contribution in [-0.2, 0) is 0 Å². The minimum Gasteiger partial charge on any atom is -0.376 e. The lowest BCUT2D eigenvalue weighted by molar-refractivity contribution is 0.252. The summed E-state index contributed by atoms with van der Waals surface area (Å²) in [4.78, 5) is 9.64. The van der Waals surface area contributed by atoms with Gasteiger partial charge in [-0.1, -0.05) is 0 Å². The van der Waals surface area contributed by atoms with Crippen molar-refractivity contribution < 1.29 is 4.79 Å². The van der Waals surface area contributed by atoms with Crippen LogP contribution in [0.3, 0.4) is 0 Å². The molecule has 4 N–H and O–H groups in total. The molecule has 4 nitrogen and oxygen atoms in total. The van der Waals surface area contributed by atoms with Crippen molar-refractivity contribution >= 4 is 23.4 Å². The first-order valence-corrected chi connectivity index (χ1v) is 1.86. The average Bonchev–Trinajstić information content (AvgIpc) is 1.27. The van der Waals surface area contributed by atoms with Crippen LogP contribution in [-0.4, -0.2) is 11.1 Å². The van der Waals surface area contributed by atoms with Crippen molar-refractivity contribution in [2.24, 2.45) is 5.73 Å². The molecule has 7 heavy (non-hydrogen) atoms. The van der Waals surface area contributed by atoms with E-state index in [0.717, 1.165) is 0 Å². The van der Waals surface area contributed by atoms with Gasteiger partial charge >= 0.3 is 6.03 Å². The molecule has 0 unspecified atom stereocenters. The maximum absolute atomic E-state index is 9.64. The molecule has 0 aromatic heterocycles. The van der Waals surface area contributed by atoms with Crippen LogP contribution in [0.25, 0.3) is 0 Å². The largest absolute Gasteiger partial charge is 0.376 e. The van der Waals surface area contributed by atoms with E-state index in [4.69, 9.17) is 11.5 Å². The van der Waals surface area contributed by atoms with Crippen molar-refractivity contribution in [3.05, 3.63) is 0 Å². The molecular formula is C2H4N3OS. The zero-order valence-corrected chi connectivity index (χ0v) is 4.21. The molecule has 39 valence electrons. The van der Waals surface area contributed by atoms with Crippen molar-refractivity contribution in [3.63, 3.8) is 0 Å². The molecule has 0 spiro atoms. The number of rotatable bonds is 0. The Morgan fingerprint density at radius 2 is 2.29 bits per heavy atom. The molecule has 0 aliphatic rings. The molecule has 2 amide bonds. The van der Waals surface area contributed by atoms with E-state index in [-0.39, 0.29) is 5.11 Å². The summed E-state index contributed by atoms with van der Waals surface area (Å²) in [5.74, 6) is 0. The molecule has 0 saturated carbocycles. The summed E-state index contributed by atoms with van der Waals surface area (Å²) >= 11 is 4.20. The molecule has 0 rings (SSSR count). The second-order valence-electron chi connectivity index (χ2n) is 0.818. The third-order valence-corrected chi connectivity index (χ3v) is 0.339. The van der Waals surface area contributed by atoms with Crippen LogP contribution in [0.5, 0.6) is 0 Å². The highest BCUT2D eigenvalue weighted by molar-refractivity contribution is 7.80. The molecule has 1 radical (unpaired) electrons. The van der Waals surface area contributed by atoms with Gasteiger partial charge in [0.05, 0.1) is 0 Å². The standard InChI is InChI=1S/C2H4N3OS/c3-1(6)5-2(4)7/h3H,(H3,4,5,6,7). The average molecular weight is 118 g/mol. The Morgan fingerprint density at radius 1 is 1.86 bits per heavy atom. The first-order chi connectivity index (χ1) is 3.13. The quantitative estimate of drug-likeness (QED) is 0.409. The lowest BCUT2D eigenvalue weighted by Gasteiger charge is -1.90. The fraction of sp³-hybridized carbons (Fsp3) is 0. The van der Waals surface area contributed by atoms with Crippen LogP contribution in [0.2, 0.25) is 0 Å². The van der Waals surface area contributed by atoms with E-state index in [9.17, 15) is 4.79 Å². The second kappa shape index (κ2) is 2.35. The molecule has 0 aromatic rings. The number of nitrogens with one attached hydrogen (secondary N) is 2. The van der Waals surface area contributed by atoms with E-state index in [1.54, 1.807) is 0 Å². The Hall–Kier alpha value is -0.840. The van der Waals surface area contributed by atoms with E-state index in [1.165, 1.54) is 0 Å². The molecule has 0 bridgehead atoms. The predicted octanol–water partition coefficient (Wildman–Crippen LogP) is -0.777. The van der Waals surface area contributed by atoms with Crippen LogP contribution in [0.15, 0.2) is 0 Å². The van der Waals surface area contributed by atoms with Gasteiger partial charge in [-0.15, -0.1) is 0 Å². The molecule has 0 aliphatic carbocycles. The summed E-state index contributed by atoms with van der Waals surface area (Å²) in [5, 5.41) is 1.68. The van der Waals surface area contributed by atoms with Crippen LogP contribution < -0.4 is 16.8 Å². The number of hydrogen-bond donors (Lipinski definition) is 2. The van der Waals surface area contributed by atoms with E-state index in [2.05, 4.69) is 12.2 Å². The Morgan fingerprint density at radius 3 is 2.29 bits per heavy atom. The van der Waals surface area contributed by atoms with Crippen molar-refractivity contribution in [3.8, 4) is 0 Å². The fourth-order valence-corrected chi connectivity index (χ4v) is 0.205. The summed E-state index contributed by atoms with van der Waals surface area (Å²) < 4.78 is 0. The Kier molecular flexibility index (Phi) is 2.07. The van der Waals surface area contributed by atoms with Gasteiger partial charge in [-0.05, 0) is 12.2 Å². The van der Waals surface area contributed by atoms with Gasteiger partial charge in [-0.2, -0.15) is 0 Å². The highest BCUT2D eigenvalue weighted by atomic mass is 32.1. The lowest BCUT2D eigenvalue weighted by atomic mass is 11.0. The van der Waals surface area contributed by atoms with Crippen LogP contribution in [0.1, 0.15) is 0 Å². The van der Waals surface area contributed by atoms with Crippen molar-refractivity contribution in [1.82, 2.24) is 11.1 Å². The minimum absolute atomic E-state index is 0.167. The lowest BCUT2D eigenvalue weighted by Crippen LogP contribution is -2.34. The van der Waals surface area contributed by atoms with E-state index in [0.29, 0.717) is 0 Å². The Labute approximate surface area is 45.9 Å². The number of carbonyl (C=O) groups excluding carboxylic acids is 1. The van der Waals surface area contributed by atoms with Gasteiger partial charge in [-0.25, -0.2) is 10.5 Å². The summed E-state index contributed by atoms with van der Waals surface area (Å²) in [5.41, 5.74) is 11.0. The highest BCUT2D eigenvalue weighted by Gasteiger charge is 1.89. The number of nitrogens with two attached hydrogens (primary N) is 1. The van der Waals surface area contributed by atoms with Crippen LogP contribution in [0, 0.1) is 0 Å².